The average Bonchev–Trinajstić information content (AvgIpc) is 3.35. The fraction of sp³-hybridized carbons (Fsp3) is 0.261. The molecule has 1 N–H and O–H groups in total. The highest BCUT2D eigenvalue weighted by Gasteiger charge is 2.29. The average molecular weight is 519 g/mol. The maximum atomic E-state index is 12.7. The maximum absolute atomic E-state index is 12.7. The third kappa shape index (κ3) is 3.71. The molecule has 3 heterocycles. The molecule has 4 nitrogen and oxygen atoms in total. The van der Waals surface area contributed by atoms with Gasteiger partial charge in [-0.1, -0.05) is 17.7 Å². The lowest BCUT2D eigenvalue weighted by Crippen LogP contribution is -2.32. The van der Waals surface area contributed by atoms with Gasteiger partial charge in [0.05, 0.1) is 16.8 Å². The lowest BCUT2D eigenvalue weighted by molar-refractivity contribution is 0.102. The van der Waals surface area contributed by atoms with E-state index >= 15 is 0 Å². The molecular weight excluding hydrogens is 499 g/mol. The van der Waals surface area contributed by atoms with E-state index in [9.17, 15) is 4.79 Å². The SMILES string of the molecule is O=C(Nc1ccc2occ(C3=CCN4CCCC4C3)c2c1)c1cc(I)ccc1Cl. The van der Waals surface area contributed by atoms with Crippen LogP contribution in [0.4, 0.5) is 5.69 Å². The number of halogens is 2. The minimum Gasteiger partial charge on any atom is -0.464 e. The Morgan fingerprint density at radius 2 is 2.14 bits per heavy atom. The van der Waals surface area contributed by atoms with Crippen LogP contribution in [0.1, 0.15) is 35.2 Å². The minimum atomic E-state index is -0.212. The van der Waals surface area contributed by atoms with Crippen LogP contribution < -0.4 is 5.32 Å². The Labute approximate surface area is 188 Å². The van der Waals surface area contributed by atoms with Gasteiger partial charge in [-0.3, -0.25) is 9.69 Å². The van der Waals surface area contributed by atoms with Crippen LogP contribution in [0.2, 0.25) is 5.02 Å². The fourth-order valence-corrected chi connectivity index (χ4v) is 5.07. The predicted molar refractivity (Wildman–Crippen MR) is 126 cm³/mol. The van der Waals surface area contributed by atoms with Gasteiger partial charge >= 0.3 is 0 Å². The number of hydrogen-bond donors (Lipinski definition) is 1. The monoisotopic (exact) mass is 518 g/mol. The van der Waals surface area contributed by atoms with Gasteiger partial charge in [0, 0.05) is 32.8 Å². The summed E-state index contributed by atoms with van der Waals surface area (Å²) in [4.78, 5) is 15.3. The number of anilines is 1. The van der Waals surface area contributed by atoms with Gasteiger partial charge in [0.2, 0.25) is 0 Å². The highest BCUT2D eigenvalue weighted by atomic mass is 127. The van der Waals surface area contributed by atoms with E-state index in [2.05, 4.69) is 38.9 Å². The van der Waals surface area contributed by atoms with Crippen LogP contribution in [0.15, 0.2) is 53.2 Å². The molecule has 1 atom stereocenters. The zero-order chi connectivity index (χ0) is 20.0. The summed E-state index contributed by atoms with van der Waals surface area (Å²) < 4.78 is 6.77. The number of carbonyl (C=O) groups is 1. The van der Waals surface area contributed by atoms with Gasteiger partial charge in [0.15, 0.2) is 0 Å². The molecule has 29 heavy (non-hydrogen) atoms. The summed E-state index contributed by atoms with van der Waals surface area (Å²) in [7, 11) is 0. The van der Waals surface area contributed by atoms with E-state index in [1.807, 2.05) is 30.5 Å². The zero-order valence-corrected chi connectivity index (χ0v) is 18.7. The lowest BCUT2D eigenvalue weighted by atomic mass is 9.94. The number of rotatable bonds is 3. The molecule has 0 bridgehead atoms. The Kier molecular flexibility index (Phi) is 5.14. The van der Waals surface area contributed by atoms with Gasteiger partial charge < -0.3 is 9.73 Å². The predicted octanol–water partition coefficient (Wildman–Crippen LogP) is 6.19. The minimum absolute atomic E-state index is 0.212. The van der Waals surface area contributed by atoms with Crippen LogP contribution in [-0.4, -0.2) is 29.9 Å². The second-order valence-electron chi connectivity index (χ2n) is 7.66. The van der Waals surface area contributed by atoms with Crippen LogP contribution in [0.3, 0.4) is 0 Å². The molecular formula is C23H20ClIN2O2. The Morgan fingerprint density at radius 1 is 1.24 bits per heavy atom. The molecule has 1 unspecified atom stereocenters. The van der Waals surface area contributed by atoms with E-state index in [0.29, 0.717) is 16.6 Å². The molecule has 6 heteroatoms. The van der Waals surface area contributed by atoms with Crippen molar-refractivity contribution < 1.29 is 9.21 Å². The molecule has 1 saturated heterocycles. The lowest BCUT2D eigenvalue weighted by Gasteiger charge is -2.28. The quantitative estimate of drug-likeness (QED) is 0.420. The van der Waals surface area contributed by atoms with Gasteiger partial charge in [-0.2, -0.15) is 0 Å². The third-order valence-corrected chi connectivity index (χ3v) is 6.88. The molecule has 0 spiro atoms. The highest BCUT2D eigenvalue weighted by molar-refractivity contribution is 14.1. The largest absolute Gasteiger partial charge is 0.464 e. The van der Waals surface area contributed by atoms with Crippen molar-refractivity contribution in [1.29, 1.82) is 0 Å². The van der Waals surface area contributed by atoms with E-state index in [-0.39, 0.29) is 5.91 Å². The summed E-state index contributed by atoms with van der Waals surface area (Å²) in [5.41, 5.74) is 4.52. The molecule has 0 radical (unpaired) electrons. The van der Waals surface area contributed by atoms with Crippen molar-refractivity contribution in [1.82, 2.24) is 4.90 Å². The highest BCUT2D eigenvalue weighted by Crippen LogP contribution is 2.37. The second kappa shape index (κ2) is 7.78. The van der Waals surface area contributed by atoms with Gasteiger partial charge in [-0.25, -0.2) is 0 Å². The zero-order valence-electron chi connectivity index (χ0n) is 15.8. The number of carbonyl (C=O) groups excluding carboxylic acids is 1. The Morgan fingerprint density at radius 3 is 3.03 bits per heavy atom. The van der Waals surface area contributed by atoms with Crippen molar-refractivity contribution >= 4 is 62.3 Å². The van der Waals surface area contributed by atoms with E-state index in [0.717, 1.165) is 38.8 Å². The molecule has 0 aliphatic carbocycles. The van der Waals surface area contributed by atoms with E-state index < -0.39 is 0 Å². The summed E-state index contributed by atoms with van der Waals surface area (Å²) in [6.45, 7) is 2.21. The molecule has 1 aromatic heterocycles. The first-order valence-corrected chi connectivity index (χ1v) is 11.3. The molecule has 2 aromatic carbocycles. The summed E-state index contributed by atoms with van der Waals surface area (Å²) in [6, 6.07) is 11.8. The number of amides is 1. The molecule has 2 aliphatic rings. The molecule has 3 aromatic rings. The Balaban J connectivity index is 1.44. The van der Waals surface area contributed by atoms with Crippen LogP contribution in [0.5, 0.6) is 0 Å². The van der Waals surface area contributed by atoms with Gasteiger partial charge in [0.1, 0.15) is 5.58 Å². The number of nitrogens with zero attached hydrogens (tertiary/aromatic N) is 1. The second-order valence-corrected chi connectivity index (χ2v) is 9.32. The standard InChI is InChI=1S/C23H20ClIN2O2/c24-21-5-3-15(25)11-19(21)23(28)26-16-4-6-22-18(12-16)20(13-29-22)14-7-9-27-8-1-2-17(27)10-14/h3-7,11-13,17H,1-2,8-10H2,(H,26,28). The molecule has 2 aliphatic heterocycles. The summed E-state index contributed by atoms with van der Waals surface area (Å²) >= 11 is 8.39. The van der Waals surface area contributed by atoms with Gasteiger partial charge in [-0.15, -0.1) is 0 Å². The number of benzene rings is 2. The Bertz CT molecular complexity index is 1140. The van der Waals surface area contributed by atoms with Crippen molar-refractivity contribution in [2.75, 3.05) is 18.4 Å². The van der Waals surface area contributed by atoms with Crippen molar-refractivity contribution in [3.05, 3.63) is 68.5 Å². The molecule has 0 saturated carbocycles. The van der Waals surface area contributed by atoms with Crippen molar-refractivity contribution in [3.63, 3.8) is 0 Å². The van der Waals surface area contributed by atoms with Gasteiger partial charge in [-0.05, 0) is 90.4 Å². The first-order valence-electron chi connectivity index (χ1n) is 9.79. The summed E-state index contributed by atoms with van der Waals surface area (Å²) in [5, 5.41) is 4.46. The first kappa shape index (κ1) is 19.2. The smallest absolute Gasteiger partial charge is 0.257 e. The molecule has 5 rings (SSSR count). The molecule has 1 fully saturated rings. The summed E-state index contributed by atoms with van der Waals surface area (Å²) in [6.07, 6.45) is 7.79. The van der Waals surface area contributed by atoms with Gasteiger partial charge in [0.25, 0.3) is 5.91 Å². The first-order chi connectivity index (χ1) is 14.1. The van der Waals surface area contributed by atoms with Crippen LogP contribution in [-0.2, 0) is 0 Å². The molecule has 148 valence electrons. The number of furan rings is 1. The summed E-state index contributed by atoms with van der Waals surface area (Å²) in [5.74, 6) is -0.212. The van der Waals surface area contributed by atoms with Crippen LogP contribution in [0, 0.1) is 3.57 Å². The fourth-order valence-electron chi connectivity index (χ4n) is 4.38. The van der Waals surface area contributed by atoms with Crippen LogP contribution >= 0.6 is 34.2 Å². The maximum Gasteiger partial charge on any atom is 0.257 e. The number of hydrogen-bond acceptors (Lipinski definition) is 3. The number of fused-ring (bicyclic) bond motifs is 2. The van der Waals surface area contributed by atoms with E-state index in [1.54, 1.807) is 12.1 Å². The van der Waals surface area contributed by atoms with Crippen LogP contribution in [0.25, 0.3) is 16.5 Å². The topological polar surface area (TPSA) is 45.5 Å². The Hall–Kier alpha value is -1.83. The third-order valence-electron chi connectivity index (χ3n) is 5.88. The van der Waals surface area contributed by atoms with E-state index in [1.165, 1.54) is 25.0 Å². The number of nitrogens with one attached hydrogen (secondary N) is 1. The van der Waals surface area contributed by atoms with E-state index in [4.69, 9.17) is 16.0 Å². The van der Waals surface area contributed by atoms with Crippen molar-refractivity contribution in [2.45, 2.75) is 25.3 Å². The molecule has 1 amide bonds. The van der Waals surface area contributed by atoms with Crippen molar-refractivity contribution in [3.8, 4) is 0 Å². The normalized spacial score (nSPS) is 19.2. The van der Waals surface area contributed by atoms with Crippen molar-refractivity contribution in [2.24, 2.45) is 0 Å².